The minimum Gasteiger partial charge on any atom is -0.396 e. The van der Waals surface area contributed by atoms with Gasteiger partial charge in [0.05, 0.1) is 6.61 Å². The molecule has 4 heteroatoms. The van der Waals surface area contributed by atoms with Crippen molar-refractivity contribution in [1.29, 1.82) is 0 Å². The predicted octanol–water partition coefficient (Wildman–Crippen LogP) is 0.317. The van der Waals surface area contributed by atoms with Crippen LogP contribution in [0.2, 0.25) is 0 Å². The lowest BCUT2D eigenvalue weighted by molar-refractivity contribution is 0.225. The predicted molar refractivity (Wildman–Crippen MR) is 58.1 cm³/mol. The molecule has 0 bridgehead atoms. The van der Waals surface area contributed by atoms with Gasteiger partial charge in [0.25, 0.3) is 0 Å². The molecule has 0 aromatic rings. The lowest BCUT2D eigenvalue weighted by atomic mass is 10.1. The number of rotatable bonds is 7. The van der Waals surface area contributed by atoms with Crippen LogP contribution in [0, 0.1) is 5.92 Å². The Bertz CT molecular complexity index is 120. The van der Waals surface area contributed by atoms with Gasteiger partial charge in [-0.05, 0) is 19.1 Å². The molecule has 80 valence electrons. The van der Waals surface area contributed by atoms with E-state index in [9.17, 15) is 0 Å². The van der Waals surface area contributed by atoms with E-state index in [0.29, 0.717) is 0 Å². The number of hydrogen-bond acceptors (Lipinski definition) is 4. The van der Waals surface area contributed by atoms with E-state index >= 15 is 0 Å². The van der Waals surface area contributed by atoms with Crippen LogP contribution in [-0.2, 0) is 0 Å². The Morgan fingerprint density at radius 2 is 1.85 bits per heavy atom. The zero-order valence-electron chi connectivity index (χ0n) is 8.66. The second-order valence-electron chi connectivity index (χ2n) is 3.44. The van der Waals surface area contributed by atoms with Crippen molar-refractivity contribution in [3.63, 3.8) is 0 Å². The van der Waals surface area contributed by atoms with Gasteiger partial charge in [-0.2, -0.15) is 11.8 Å². The Labute approximate surface area is 84.9 Å². The van der Waals surface area contributed by atoms with Crippen molar-refractivity contribution in [2.24, 2.45) is 5.92 Å². The van der Waals surface area contributed by atoms with Crippen molar-refractivity contribution in [3.05, 3.63) is 0 Å². The maximum atomic E-state index is 9.01. The normalized spacial score (nSPS) is 18.2. The lowest BCUT2D eigenvalue weighted by Gasteiger charge is -2.22. The van der Waals surface area contributed by atoms with Crippen molar-refractivity contribution >= 4 is 11.8 Å². The van der Waals surface area contributed by atoms with Crippen molar-refractivity contribution < 1.29 is 10.2 Å². The molecule has 3 N–H and O–H groups in total. The van der Waals surface area contributed by atoms with E-state index in [4.69, 9.17) is 10.2 Å². The van der Waals surface area contributed by atoms with Crippen molar-refractivity contribution in [1.82, 2.24) is 5.32 Å². The van der Waals surface area contributed by atoms with Crippen LogP contribution in [-0.4, -0.2) is 47.5 Å². The summed E-state index contributed by atoms with van der Waals surface area (Å²) in [6, 6.07) is 0.286. The summed E-state index contributed by atoms with van der Waals surface area (Å²) in [5.41, 5.74) is 0. The maximum absolute atomic E-state index is 9.01. The zero-order valence-corrected chi connectivity index (χ0v) is 9.47. The van der Waals surface area contributed by atoms with Gasteiger partial charge in [-0.3, -0.25) is 0 Å². The molecule has 3 unspecified atom stereocenters. The molecule has 0 saturated heterocycles. The Morgan fingerprint density at radius 1 is 1.23 bits per heavy atom. The Morgan fingerprint density at radius 3 is 2.23 bits per heavy atom. The van der Waals surface area contributed by atoms with Gasteiger partial charge in [0.1, 0.15) is 0 Å². The highest BCUT2D eigenvalue weighted by Gasteiger charge is 2.14. The Balaban J connectivity index is 3.65. The minimum atomic E-state index is 0.197. The summed E-state index contributed by atoms with van der Waals surface area (Å²) in [4.78, 5) is 0. The van der Waals surface area contributed by atoms with Crippen molar-refractivity contribution in [3.8, 4) is 0 Å². The summed E-state index contributed by atoms with van der Waals surface area (Å²) >= 11 is 1.66. The quantitative estimate of drug-likeness (QED) is 0.563. The molecule has 0 amide bonds. The number of thioether (sulfide) groups is 1. The third-order valence-corrected chi connectivity index (χ3v) is 3.30. The second kappa shape index (κ2) is 7.62. The van der Waals surface area contributed by atoms with Crippen molar-refractivity contribution in [2.75, 3.05) is 26.0 Å². The van der Waals surface area contributed by atoms with Crippen molar-refractivity contribution in [2.45, 2.75) is 25.1 Å². The molecule has 0 saturated carbocycles. The van der Waals surface area contributed by atoms with E-state index < -0.39 is 0 Å². The molecule has 0 aliphatic carbocycles. The molecular formula is C9H21NO2S. The van der Waals surface area contributed by atoms with Gasteiger partial charge in [-0.15, -0.1) is 0 Å². The summed E-state index contributed by atoms with van der Waals surface area (Å²) in [6.07, 6.45) is 1.99. The average Bonchev–Trinajstić information content (AvgIpc) is 2.16. The molecule has 0 spiro atoms. The number of aliphatic hydroxyl groups excluding tert-OH is 2. The molecule has 0 fully saturated rings. The fourth-order valence-electron chi connectivity index (χ4n) is 1.02. The van der Waals surface area contributed by atoms with Crippen LogP contribution < -0.4 is 5.32 Å². The lowest BCUT2D eigenvalue weighted by Crippen LogP contribution is -2.40. The minimum absolute atomic E-state index is 0.197. The van der Waals surface area contributed by atoms with Crippen LogP contribution in [0.5, 0.6) is 0 Å². The average molecular weight is 207 g/mol. The summed E-state index contributed by atoms with van der Waals surface area (Å²) < 4.78 is 0. The smallest absolute Gasteiger partial charge is 0.0564 e. The van der Waals surface area contributed by atoms with Crippen LogP contribution in [0.3, 0.4) is 0 Å². The van der Waals surface area contributed by atoms with Crippen LogP contribution >= 0.6 is 11.8 Å². The monoisotopic (exact) mass is 207 g/mol. The van der Waals surface area contributed by atoms with Crippen LogP contribution in [0.4, 0.5) is 0 Å². The summed E-state index contributed by atoms with van der Waals surface area (Å²) in [5.74, 6) is 0.281. The van der Waals surface area contributed by atoms with E-state index in [1.807, 2.05) is 13.2 Å². The first-order chi connectivity index (χ1) is 6.15. The largest absolute Gasteiger partial charge is 0.396 e. The molecule has 0 aliphatic rings. The Hall–Kier alpha value is 0.230. The van der Waals surface area contributed by atoms with E-state index in [1.54, 1.807) is 11.8 Å². The third kappa shape index (κ3) is 5.52. The van der Waals surface area contributed by atoms with Gasteiger partial charge in [0.2, 0.25) is 0 Å². The van der Waals surface area contributed by atoms with E-state index in [-0.39, 0.29) is 30.4 Å². The highest BCUT2D eigenvalue weighted by Crippen LogP contribution is 2.10. The van der Waals surface area contributed by atoms with E-state index in [0.717, 1.165) is 6.54 Å². The molecule has 0 aliphatic heterocycles. The van der Waals surface area contributed by atoms with Gasteiger partial charge in [0.15, 0.2) is 0 Å². The van der Waals surface area contributed by atoms with E-state index in [1.165, 1.54) is 0 Å². The van der Waals surface area contributed by atoms with Gasteiger partial charge < -0.3 is 15.5 Å². The highest BCUT2D eigenvalue weighted by atomic mass is 32.2. The SMILES string of the molecule is CSC(CO)C(C)NCC(C)CO. The summed E-state index contributed by atoms with van der Waals surface area (Å²) in [5, 5.41) is 21.4. The first-order valence-electron chi connectivity index (χ1n) is 4.63. The molecule has 13 heavy (non-hydrogen) atoms. The summed E-state index contributed by atoms with van der Waals surface area (Å²) in [6.45, 7) is 5.26. The summed E-state index contributed by atoms with van der Waals surface area (Å²) in [7, 11) is 0. The van der Waals surface area contributed by atoms with Gasteiger partial charge in [0, 0.05) is 24.4 Å². The molecule has 0 radical (unpaired) electrons. The molecule has 0 heterocycles. The topological polar surface area (TPSA) is 52.5 Å². The first-order valence-corrected chi connectivity index (χ1v) is 5.92. The Kier molecular flexibility index (Phi) is 7.75. The van der Waals surface area contributed by atoms with Gasteiger partial charge in [-0.1, -0.05) is 6.92 Å². The molecule has 3 atom stereocenters. The number of hydrogen-bond donors (Lipinski definition) is 3. The zero-order chi connectivity index (χ0) is 10.3. The van der Waals surface area contributed by atoms with Crippen LogP contribution in [0.1, 0.15) is 13.8 Å². The van der Waals surface area contributed by atoms with Gasteiger partial charge in [-0.25, -0.2) is 0 Å². The molecular weight excluding hydrogens is 186 g/mol. The molecule has 0 aromatic heterocycles. The molecule has 0 rings (SSSR count). The second-order valence-corrected chi connectivity index (χ2v) is 4.52. The molecule has 0 aromatic carbocycles. The van der Waals surface area contributed by atoms with E-state index in [2.05, 4.69) is 12.2 Å². The first kappa shape index (κ1) is 13.2. The molecule has 3 nitrogen and oxygen atoms in total. The highest BCUT2D eigenvalue weighted by molar-refractivity contribution is 7.99. The van der Waals surface area contributed by atoms with Gasteiger partial charge >= 0.3 is 0 Å². The maximum Gasteiger partial charge on any atom is 0.0564 e. The standard InChI is InChI=1S/C9H21NO2S/c1-7(5-11)4-10-8(2)9(6-12)13-3/h7-12H,4-6H2,1-3H3. The fraction of sp³-hybridized carbons (Fsp3) is 1.00. The fourth-order valence-corrected chi connectivity index (χ4v) is 1.67. The third-order valence-electron chi connectivity index (χ3n) is 2.14. The van der Waals surface area contributed by atoms with Crippen LogP contribution in [0.15, 0.2) is 0 Å². The number of nitrogens with one attached hydrogen (secondary N) is 1. The van der Waals surface area contributed by atoms with Crippen LogP contribution in [0.25, 0.3) is 0 Å². The number of aliphatic hydroxyl groups is 2.